The molecule has 0 spiro atoms. The van der Waals surface area contributed by atoms with E-state index in [1.165, 1.54) is 18.3 Å². The molecule has 2 amide bonds. The third kappa shape index (κ3) is 4.72. The Hall–Kier alpha value is -2.54. The van der Waals surface area contributed by atoms with Gasteiger partial charge in [-0.25, -0.2) is 4.98 Å². The van der Waals surface area contributed by atoms with Gasteiger partial charge in [0.05, 0.1) is 11.9 Å². The quantitative estimate of drug-likeness (QED) is 0.634. The lowest BCUT2D eigenvalue weighted by Gasteiger charge is -2.10. The highest BCUT2D eigenvalue weighted by Gasteiger charge is 2.10. The maximum Gasteiger partial charge on any atom is 0.256 e. The minimum atomic E-state index is -0.372. The number of aromatic nitrogens is 1. The van der Waals surface area contributed by atoms with Crippen molar-refractivity contribution < 1.29 is 14.7 Å². The molecule has 0 aliphatic rings. The predicted molar refractivity (Wildman–Crippen MR) is 92.1 cm³/mol. The van der Waals surface area contributed by atoms with E-state index in [1.54, 1.807) is 25.1 Å². The van der Waals surface area contributed by atoms with E-state index in [4.69, 9.17) is 0 Å². The molecule has 0 bridgehead atoms. The fourth-order valence-corrected chi connectivity index (χ4v) is 2.13. The van der Waals surface area contributed by atoms with Crippen LogP contribution in [0.3, 0.4) is 0 Å². The van der Waals surface area contributed by atoms with Crippen molar-refractivity contribution in [2.24, 2.45) is 0 Å². The zero-order valence-electron chi connectivity index (χ0n) is 12.5. The molecule has 1 aromatic heterocycles. The molecule has 2 aromatic rings. The van der Waals surface area contributed by atoms with Crippen molar-refractivity contribution in [1.82, 2.24) is 4.98 Å². The summed E-state index contributed by atoms with van der Waals surface area (Å²) in [5.41, 5.74) is 1.60. The van der Waals surface area contributed by atoms with Gasteiger partial charge in [-0.2, -0.15) is 12.6 Å². The van der Waals surface area contributed by atoms with Gasteiger partial charge in [0.2, 0.25) is 5.91 Å². The lowest BCUT2D eigenvalue weighted by molar-refractivity contribution is -0.115. The summed E-state index contributed by atoms with van der Waals surface area (Å²) in [5, 5.41) is 14.8. The summed E-state index contributed by atoms with van der Waals surface area (Å²) in [6.07, 6.45) is 1.79. The van der Waals surface area contributed by atoms with Crippen LogP contribution in [0.15, 0.2) is 36.5 Å². The van der Waals surface area contributed by atoms with Gasteiger partial charge in [0, 0.05) is 12.0 Å². The van der Waals surface area contributed by atoms with Crippen LogP contribution in [0.4, 0.5) is 11.5 Å². The van der Waals surface area contributed by atoms with Gasteiger partial charge in [-0.15, -0.1) is 0 Å². The van der Waals surface area contributed by atoms with E-state index < -0.39 is 0 Å². The molecular weight excluding hydrogens is 314 g/mol. The zero-order valence-corrected chi connectivity index (χ0v) is 13.4. The number of carbonyl (C=O) groups is 2. The number of amides is 2. The third-order valence-electron chi connectivity index (χ3n) is 3.04. The van der Waals surface area contributed by atoms with Crippen molar-refractivity contribution in [3.8, 4) is 5.75 Å². The van der Waals surface area contributed by atoms with E-state index in [-0.39, 0.29) is 17.6 Å². The van der Waals surface area contributed by atoms with E-state index in [9.17, 15) is 14.7 Å². The summed E-state index contributed by atoms with van der Waals surface area (Å²) in [6, 6.07) is 7.77. The Bertz CT molecular complexity index is 734. The molecule has 0 saturated carbocycles. The number of aromatic hydroxyl groups is 1. The first-order valence-electron chi connectivity index (χ1n) is 6.97. The van der Waals surface area contributed by atoms with Crippen LogP contribution in [0.2, 0.25) is 0 Å². The molecule has 6 nitrogen and oxygen atoms in total. The first kappa shape index (κ1) is 16.8. The number of anilines is 2. The Kier molecular flexibility index (Phi) is 5.59. The largest absolute Gasteiger partial charge is 0.508 e. The second kappa shape index (κ2) is 7.64. The maximum absolute atomic E-state index is 12.1. The summed E-state index contributed by atoms with van der Waals surface area (Å²) in [7, 11) is 0. The van der Waals surface area contributed by atoms with Crippen LogP contribution in [0.5, 0.6) is 5.75 Å². The Morgan fingerprint density at radius 1 is 1.26 bits per heavy atom. The van der Waals surface area contributed by atoms with Crippen LogP contribution < -0.4 is 10.6 Å². The average molecular weight is 331 g/mol. The van der Waals surface area contributed by atoms with Gasteiger partial charge in [-0.3, -0.25) is 9.59 Å². The van der Waals surface area contributed by atoms with Crippen molar-refractivity contribution in [2.45, 2.75) is 13.3 Å². The number of hydrogen-bond acceptors (Lipinski definition) is 5. The molecular formula is C16H17N3O3S. The number of hydrogen-bond donors (Lipinski definition) is 4. The molecule has 3 N–H and O–H groups in total. The van der Waals surface area contributed by atoms with E-state index >= 15 is 0 Å². The number of nitrogens with one attached hydrogen (secondary N) is 2. The van der Waals surface area contributed by atoms with Crippen LogP contribution >= 0.6 is 12.6 Å². The Morgan fingerprint density at radius 3 is 2.70 bits per heavy atom. The molecule has 1 heterocycles. The molecule has 2 rings (SSSR count). The van der Waals surface area contributed by atoms with Gasteiger partial charge in [0.15, 0.2) is 0 Å². The fraction of sp³-hybridized carbons (Fsp3) is 0.188. The van der Waals surface area contributed by atoms with Gasteiger partial charge in [-0.1, -0.05) is 6.07 Å². The first-order chi connectivity index (χ1) is 11.0. The van der Waals surface area contributed by atoms with Crippen LogP contribution in [-0.4, -0.2) is 27.7 Å². The van der Waals surface area contributed by atoms with Crippen LogP contribution in [-0.2, 0) is 4.79 Å². The monoisotopic (exact) mass is 331 g/mol. The molecule has 0 aliphatic heterocycles. The second-order valence-corrected chi connectivity index (χ2v) is 5.36. The van der Waals surface area contributed by atoms with Crippen molar-refractivity contribution in [2.75, 3.05) is 16.4 Å². The molecule has 0 aliphatic carbocycles. The summed E-state index contributed by atoms with van der Waals surface area (Å²) < 4.78 is 0. The van der Waals surface area contributed by atoms with Crippen molar-refractivity contribution in [3.05, 3.63) is 47.7 Å². The Morgan fingerprint density at radius 2 is 2.04 bits per heavy atom. The summed E-state index contributed by atoms with van der Waals surface area (Å²) in [4.78, 5) is 27.8. The van der Waals surface area contributed by atoms with E-state index in [1.807, 2.05) is 0 Å². The molecule has 0 saturated heterocycles. The lowest BCUT2D eigenvalue weighted by atomic mass is 10.2. The highest BCUT2D eigenvalue weighted by atomic mass is 32.1. The average Bonchev–Trinajstić information content (AvgIpc) is 2.50. The normalized spacial score (nSPS) is 10.2. The van der Waals surface area contributed by atoms with E-state index in [0.717, 1.165) is 0 Å². The SMILES string of the molecule is Cc1cc(NC(=O)CCS)cnc1NC(=O)c1cccc(O)c1. The number of aryl methyl sites for hydroxylation is 1. The van der Waals surface area contributed by atoms with Crippen LogP contribution in [0, 0.1) is 6.92 Å². The molecule has 1 aromatic carbocycles. The van der Waals surface area contributed by atoms with Gasteiger partial charge < -0.3 is 15.7 Å². The highest BCUT2D eigenvalue weighted by molar-refractivity contribution is 7.80. The smallest absolute Gasteiger partial charge is 0.256 e. The van der Waals surface area contributed by atoms with Crippen LogP contribution in [0.1, 0.15) is 22.3 Å². The summed E-state index contributed by atoms with van der Waals surface area (Å²) in [5.74, 6) is 0.368. The van der Waals surface area contributed by atoms with Crippen molar-refractivity contribution in [1.29, 1.82) is 0 Å². The standard InChI is InChI=1S/C16H17N3O3S/c1-10-7-12(18-14(21)5-6-23)9-17-15(10)19-16(22)11-3-2-4-13(20)8-11/h2-4,7-9,20,23H,5-6H2,1H3,(H,18,21)(H,17,19,22). The number of carbonyl (C=O) groups excluding carboxylic acids is 2. The summed E-state index contributed by atoms with van der Waals surface area (Å²) >= 11 is 4.00. The number of rotatable bonds is 5. The second-order valence-electron chi connectivity index (χ2n) is 4.92. The molecule has 0 radical (unpaired) electrons. The summed E-state index contributed by atoms with van der Waals surface area (Å²) in [6.45, 7) is 1.78. The number of nitrogens with zero attached hydrogens (tertiary/aromatic N) is 1. The molecule has 0 atom stereocenters. The van der Waals surface area contributed by atoms with Crippen LogP contribution in [0.25, 0.3) is 0 Å². The van der Waals surface area contributed by atoms with Gasteiger partial charge in [0.1, 0.15) is 11.6 Å². The first-order valence-corrected chi connectivity index (χ1v) is 7.60. The Balaban J connectivity index is 2.09. The topological polar surface area (TPSA) is 91.3 Å². The molecule has 7 heteroatoms. The number of benzene rings is 1. The lowest BCUT2D eigenvalue weighted by Crippen LogP contribution is -2.15. The number of thiol groups is 1. The third-order valence-corrected chi connectivity index (χ3v) is 3.26. The van der Waals surface area contributed by atoms with Crippen molar-refractivity contribution in [3.63, 3.8) is 0 Å². The zero-order chi connectivity index (χ0) is 16.8. The van der Waals surface area contributed by atoms with Gasteiger partial charge in [0.25, 0.3) is 5.91 Å². The minimum Gasteiger partial charge on any atom is -0.508 e. The maximum atomic E-state index is 12.1. The number of phenolic OH excluding ortho intramolecular Hbond substituents is 1. The number of phenols is 1. The van der Waals surface area contributed by atoms with Gasteiger partial charge in [-0.05, 0) is 42.5 Å². The predicted octanol–water partition coefficient (Wildman–Crippen LogP) is 2.61. The highest BCUT2D eigenvalue weighted by Crippen LogP contribution is 2.18. The van der Waals surface area contributed by atoms with E-state index in [0.29, 0.717) is 34.8 Å². The molecule has 0 fully saturated rings. The molecule has 0 unspecified atom stereocenters. The van der Waals surface area contributed by atoms with Crippen molar-refractivity contribution >= 4 is 35.9 Å². The molecule has 23 heavy (non-hydrogen) atoms. The van der Waals surface area contributed by atoms with E-state index in [2.05, 4.69) is 28.2 Å². The minimum absolute atomic E-state index is 0.0181. The molecule has 120 valence electrons. The number of pyridine rings is 1. The fourth-order valence-electron chi connectivity index (χ4n) is 1.93. The van der Waals surface area contributed by atoms with Gasteiger partial charge >= 0.3 is 0 Å². The Labute approximate surface area is 139 Å².